The Morgan fingerprint density at radius 2 is 2.31 bits per heavy atom. The van der Waals surface area contributed by atoms with Crippen molar-refractivity contribution < 1.29 is 4.39 Å². The molecule has 0 spiro atoms. The number of aromatic amines is 1. The molecule has 0 bridgehead atoms. The van der Waals surface area contributed by atoms with E-state index in [4.69, 9.17) is 0 Å². The number of fused-ring (bicyclic) bond motifs is 1. The molecule has 2 N–H and O–H groups in total. The van der Waals surface area contributed by atoms with Crippen molar-refractivity contribution in [2.45, 2.75) is 0 Å². The number of nitrogens with one attached hydrogen (secondary N) is 2. The summed E-state index contributed by atoms with van der Waals surface area (Å²) < 4.78 is 13.0. The fourth-order valence-corrected chi connectivity index (χ4v) is 1.53. The number of halogens is 1. The second-order valence-electron chi connectivity index (χ2n) is 3.75. The van der Waals surface area contributed by atoms with E-state index >= 15 is 0 Å². The Labute approximate surface area is 93.5 Å². The predicted octanol–water partition coefficient (Wildman–Crippen LogP) is 1.36. The molecule has 1 aromatic heterocycles. The number of hydrogen-bond donors (Lipinski definition) is 2. The van der Waals surface area contributed by atoms with E-state index in [2.05, 4.69) is 15.3 Å². The number of aromatic nitrogens is 2. The third-order valence-corrected chi connectivity index (χ3v) is 2.49. The van der Waals surface area contributed by atoms with Crippen LogP contribution in [0.5, 0.6) is 0 Å². The summed E-state index contributed by atoms with van der Waals surface area (Å²) in [5.41, 5.74) is 1.51. The Morgan fingerprint density at radius 3 is 3.06 bits per heavy atom. The van der Waals surface area contributed by atoms with Crippen LogP contribution in [0.15, 0.2) is 18.2 Å². The van der Waals surface area contributed by atoms with Crippen LogP contribution in [0.25, 0.3) is 11.0 Å². The van der Waals surface area contributed by atoms with Crippen molar-refractivity contribution >= 4 is 17.0 Å². The molecule has 5 heteroatoms. The zero-order valence-corrected chi connectivity index (χ0v) is 9.42. The zero-order chi connectivity index (χ0) is 11.5. The molecule has 16 heavy (non-hydrogen) atoms. The normalized spacial score (nSPS) is 10.9. The molecular weight excluding hydrogens is 207 g/mol. The smallest absolute Gasteiger partial charge is 0.203 e. The molecule has 2 rings (SSSR count). The van der Waals surface area contributed by atoms with Crippen molar-refractivity contribution in [3.63, 3.8) is 0 Å². The Morgan fingerprint density at radius 1 is 1.50 bits per heavy atom. The summed E-state index contributed by atoms with van der Waals surface area (Å²) in [4.78, 5) is 9.47. The van der Waals surface area contributed by atoms with E-state index in [1.807, 2.05) is 19.0 Å². The van der Waals surface area contributed by atoms with Gasteiger partial charge in [0, 0.05) is 20.1 Å². The van der Waals surface area contributed by atoms with Crippen LogP contribution >= 0.6 is 0 Å². The number of imidazole rings is 1. The lowest BCUT2D eigenvalue weighted by atomic mass is 10.3. The van der Waals surface area contributed by atoms with Crippen LogP contribution in [-0.4, -0.2) is 37.2 Å². The van der Waals surface area contributed by atoms with E-state index in [1.54, 1.807) is 6.07 Å². The predicted molar refractivity (Wildman–Crippen MR) is 63.2 cm³/mol. The Kier molecular flexibility index (Phi) is 3.05. The van der Waals surface area contributed by atoms with Gasteiger partial charge < -0.3 is 15.2 Å². The van der Waals surface area contributed by atoms with Crippen LogP contribution in [0.4, 0.5) is 10.3 Å². The van der Waals surface area contributed by atoms with E-state index in [9.17, 15) is 4.39 Å². The number of likely N-dealkylation sites (N-methyl/N-ethyl adjacent to an activating group) is 2. The van der Waals surface area contributed by atoms with Crippen molar-refractivity contribution in [2.75, 3.05) is 32.1 Å². The molecule has 86 valence electrons. The number of benzene rings is 1. The van der Waals surface area contributed by atoms with Gasteiger partial charge in [-0.2, -0.15) is 0 Å². The number of rotatable bonds is 4. The molecular formula is C11H15FN4. The summed E-state index contributed by atoms with van der Waals surface area (Å²) in [7, 11) is 3.85. The average Bonchev–Trinajstić information content (AvgIpc) is 2.68. The second-order valence-corrected chi connectivity index (χ2v) is 3.75. The summed E-state index contributed by atoms with van der Waals surface area (Å²) >= 11 is 0. The molecule has 1 aromatic carbocycles. The summed E-state index contributed by atoms with van der Waals surface area (Å²) in [6, 6.07) is 4.55. The van der Waals surface area contributed by atoms with Crippen molar-refractivity contribution in [3.8, 4) is 0 Å². The fourth-order valence-electron chi connectivity index (χ4n) is 1.53. The topological polar surface area (TPSA) is 44.0 Å². The molecule has 0 amide bonds. The van der Waals surface area contributed by atoms with E-state index in [-0.39, 0.29) is 5.82 Å². The average molecular weight is 222 g/mol. The van der Waals surface area contributed by atoms with Gasteiger partial charge in [-0.1, -0.05) is 0 Å². The number of nitrogens with zero attached hydrogens (tertiary/aromatic N) is 2. The fraction of sp³-hybridized carbons (Fsp3) is 0.364. The molecule has 0 aliphatic rings. The zero-order valence-electron chi connectivity index (χ0n) is 9.42. The lowest BCUT2D eigenvalue weighted by Gasteiger charge is -2.14. The van der Waals surface area contributed by atoms with E-state index in [0.29, 0.717) is 0 Å². The molecule has 4 nitrogen and oxygen atoms in total. The van der Waals surface area contributed by atoms with Gasteiger partial charge in [-0.15, -0.1) is 0 Å². The summed E-state index contributed by atoms with van der Waals surface area (Å²) in [6.45, 7) is 1.72. The van der Waals surface area contributed by atoms with E-state index in [1.165, 1.54) is 12.1 Å². The van der Waals surface area contributed by atoms with Crippen molar-refractivity contribution in [1.29, 1.82) is 0 Å². The number of hydrogen-bond acceptors (Lipinski definition) is 3. The third kappa shape index (κ3) is 2.14. The minimum absolute atomic E-state index is 0.249. The number of H-pyrrole nitrogens is 1. The van der Waals surface area contributed by atoms with Crippen LogP contribution in [0.1, 0.15) is 0 Å². The first kappa shape index (κ1) is 10.9. The third-order valence-electron chi connectivity index (χ3n) is 2.49. The van der Waals surface area contributed by atoms with Gasteiger partial charge in [0.25, 0.3) is 0 Å². The Bertz CT molecular complexity index is 480. The van der Waals surface area contributed by atoms with Crippen LogP contribution in [0, 0.1) is 5.82 Å². The summed E-state index contributed by atoms with van der Waals surface area (Å²) in [6.07, 6.45) is 0. The van der Waals surface area contributed by atoms with Crippen molar-refractivity contribution in [2.24, 2.45) is 0 Å². The molecule has 1 heterocycles. The van der Waals surface area contributed by atoms with Crippen LogP contribution in [0.3, 0.4) is 0 Å². The monoisotopic (exact) mass is 222 g/mol. The molecule has 0 saturated carbocycles. The van der Waals surface area contributed by atoms with Crippen molar-refractivity contribution in [1.82, 2.24) is 15.3 Å². The van der Waals surface area contributed by atoms with Gasteiger partial charge in [0.05, 0.1) is 11.0 Å². The standard InChI is InChI=1S/C11H15FN4/c1-13-5-6-16(2)11-14-9-4-3-8(12)7-10(9)15-11/h3-4,7,13H,5-6H2,1-2H3,(H,14,15). The summed E-state index contributed by atoms with van der Waals surface area (Å²) in [5, 5.41) is 3.07. The molecule has 0 aliphatic heterocycles. The second kappa shape index (κ2) is 4.49. The van der Waals surface area contributed by atoms with Gasteiger partial charge >= 0.3 is 0 Å². The molecule has 0 radical (unpaired) electrons. The van der Waals surface area contributed by atoms with E-state index in [0.717, 1.165) is 30.1 Å². The van der Waals surface area contributed by atoms with Gasteiger partial charge in [0.15, 0.2) is 0 Å². The highest BCUT2D eigenvalue weighted by atomic mass is 19.1. The lowest BCUT2D eigenvalue weighted by Crippen LogP contribution is -2.27. The molecule has 0 unspecified atom stereocenters. The largest absolute Gasteiger partial charge is 0.344 e. The van der Waals surface area contributed by atoms with Crippen molar-refractivity contribution in [3.05, 3.63) is 24.0 Å². The van der Waals surface area contributed by atoms with Gasteiger partial charge in [0.1, 0.15) is 5.82 Å². The number of anilines is 1. The lowest BCUT2D eigenvalue weighted by molar-refractivity contribution is 0.629. The van der Waals surface area contributed by atoms with Gasteiger partial charge in [-0.25, -0.2) is 9.37 Å². The quantitative estimate of drug-likeness (QED) is 0.821. The van der Waals surface area contributed by atoms with Gasteiger partial charge in [0.2, 0.25) is 5.95 Å². The molecule has 0 atom stereocenters. The molecule has 0 fully saturated rings. The van der Waals surface area contributed by atoms with Gasteiger partial charge in [-0.3, -0.25) is 0 Å². The first-order valence-electron chi connectivity index (χ1n) is 5.21. The first-order valence-corrected chi connectivity index (χ1v) is 5.21. The highest BCUT2D eigenvalue weighted by Gasteiger charge is 2.07. The SMILES string of the molecule is CNCCN(C)c1nc2ccc(F)cc2[nH]1. The maximum atomic E-state index is 13.0. The highest BCUT2D eigenvalue weighted by Crippen LogP contribution is 2.17. The highest BCUT2D eigenvalue weighted by molar-refractivity contribution is 5.77. The maximum absolute atomic E-state index is 13.0. The Balaban J connectivity index is 2.25. The molecule has 2 aromatic rings. The van der Waals surface area contributed by atoms with Crippen LogP contribution in [0.2, 0.25) is 0 Å². The maximum Gasteiger partial charge on any atom is 0.203 e. The summed E-state index contributed by atoms with van der Waals surface area (Å²) in [5.74, 6) is 0.511. The minimum atomic E-state index is -0.249. The van der Waals surface area contributed by atoms with Crippen LogP contribution < -0.4 is 10.2 Å². The first-order chi connectivity index (χ1) is 7.70. The molecule has 0 saturated heterocycles. The van der Waals surface area contributed by atoms with E-state index < -0.39 is 0 Å². The van der Waals surface area contributed by atoms with Gasteiger partial charge in [-0.05, 0) is 25.2 Å². The minimum Gasteiger partial charge on any atom is -0.344 e. The Hall–Kier alpha value is -1.62. The van der Waals surface area contributed by atoms with Crippen LogP contribution in [-0.2, 0) is 0 Å². The molecule has 0 aliphatic carbocycles.